The van der Waals surface area contributed by atoms with Gasteiger partial charge in [0.25, 0.3) is 0 Å². The summed E-state index contributed by atoms with van der Waals surface area (Å²) in [4.78, 5) is 9.14. The van der Waals surface area contributed by atoms with E-state index >= 15 is 0 Å². The summed E-state index contributed by atoms with van der Waals surface area (Å²) in [7, 11) is 0. The van der Waals surface area contributed by atoms with Crippen molar-refractivity contribution in [3.05, 3.63) is 29.8 Å². The fourth-order valence-corrected chi connectivity index (χ4v) is 2.31. The van der Waals surface area contributed by atoms with Crippen molar-refractivity contribution in [3.8, 4) is 11.3 Å². The first-order valence-electron chi connectivity index (χ1n) is 7.14. The number of aromatic nitrogens is 3. The van der Waals surface area contributed by atoms with Gasteiger partial charge in [-0.05, 0) is 25.5 Å². The number of pyridine rings is 1. The van der Waals surface area contributed by atoms with E-state index in [1.165, 1.54) is 0 Å². The van der Waals surface area contributed by atoms with Crippen LogP contribution in [-0.2, 0) is 12.0 Å². The van der Waals surface area contributed by atoms with E-state index in [9.17, 15) is 0 Å². The second-order valence-corrected chi connectivity index (χ2v) is 6.26. The fourth-order valence-electron chi connectivity index (χ4n) is 2.31. The van der Waals surface area contributed by atoms with Crippen LogP contribution in [0.2, 0.25) is 0 Å². The Morgan fingerprint density at radius 3 is 2.45 bits per heavy atom. The van der Waals surface area contributed by atoms with E-state index in [4.69, 9.17) is 10.7 Å². The van der Waals surface area contributed by atoms with Crippen LogP contribution in [0, 0.1) is 6.92 Å². The number of anilines is 1. The van der Waals surface area contributed by atoms with E-state index in [0.717, 1.165) is 41.6 Å². The molecule has 2 heterocycles. The molecule has 0 aliphatic carbocycles. The first kappa shape index (κ1) is 14.6. The van der Waals surface area contributed by atoms with Gasteiger partial charge in [-0.25, -0.2) is 4.98 Å². The van der Waals surface area contributed by atoms with Crippen LogP contribution < -0.4 is 5.73 Å². The first-order valence-corrected chi connectivity index (χ1v) is 7.14. The Balaban J connectivity index is 2.57. The zero-order valence-electron chi connectivity index (χ0n) is 13.1. The highest BCUT2D eigenvalue weighted by Gasteiger charge is 2.25. The van der Waals surface area contributed by atoms with Crippen molar-refractivity contribution in [2.45, 2.75) is 53.0 Å². The van der Waals surface area contributed by atoms with Crippen LogP contribution >= 0.6 is 0 Å². The largest absolute Gasteiger partial charge is 0.383 e. The van der Waals surface area contributed by atoms with E-state index in [0.29, 0.717) is 0 Å². The third-order valence-electron chi connectivity index (χ3n) is 3.31. The summed E-state index contributed by atoms with van der Waals surface area (Å²) in [5.41, 5.74) is 9.12. The number of nitrogens with two attached hydrogens (primary N) is 1. The molecule has 2 rings (SSSR count). The predicted molar refractivity (Wildman–Crippen MR) is 83.6 cm³/mol. The lowest BCUT2D eigenvalue weighted by Crippen LogP contribution is -2.19. The Labute approximate surface area is 121 Å². The predicted octanol–water partition coefficient (Wildman–Crippen LogP) is 3.54. The zero-order valence-corrected chi connectivity index (χ0v) is 13.1. The average molecular weight is 272 g/mol. The maximum absolute atomic E-state index is 6.33. The molecular formula is C16H24N4. The van der Waals surface area contributed by atoms with Gasteiger partial charge < -0.3 is 10.3 Å². The minimum Gasteiger partial charge on any atom is -0.383 e. The molecule has 0 amide bonds. The average Bonchev–Trinajstić information content (AvgIpc) is 2.69. The highest BCUT2D eigenvalue weighted by Crippen LogP contribution is 2.31. The van der Waals surface area contributed by atoms with Gasteiger partial charge in [0.1, 0.15) is 17.3 Å². The van der Waals surface area contributed by atoms with Gasteiger partial charge in [-0.3, -0.25) is 4.98 Å². The second kappa shape index (κ2) is 5.27. The van der Waals surface area contributed by atoms with Crippen molar-refractivity contribution < 1.29 is 0 Å². The van der Waals surface area contributed by atoms with Gasteiger partial charge in [0.2, 0.25) is 0 Å². The molecular weight excluding hydrogens is 248 g/mol. The normalized spacial score (nSPS) is 11.8. The molecule has 0 spiro atoms. The van der Waals surface area contributed by atoms with Gasteiger partial charge in [-0.15, -0.1) is 0 Å². The molecule has 20 heavy (non-hydrogen) atoms. The number of nitrogen functional groups attached to an aromatic ring is 1. The molecule has 0 fully saturated rings. The molecule has 4 nitrogen and oxygen atoms in total. The SMILES string of the molecule is CCCn1c(C(C)(C)C)nc(-c2ccc(C)nc2)c1N. The van der Waals surface area contributed by atoms with Crippen LogP contribution in [0.4, 0.5) is 5.82 Å². The maximum atomic E-state index is 6.33. The number of hydrogen-bond donors (Lipinski definition) is 1. The van der Waals surface area contributed by atoms with Crippen LogP contribution in [0.5, 0.6) is 0 Å². The summed E-state index contributed by atoms with van der Waals surface area (Å²) in [6.07, 6.45) is 2.88. The Hall–Kier alpha value is -1.84. The fraction of sp³-hybridized carbons (Fsp3) is 0.500. The molecule has 2 N–H and O–H groups in total. The molecule has 4 heteroatoms. The Bertz CT molecular complexity index is 588. The molecule has 2 aromatic heterocycles. The molecule has 2 aromatic rings. The smallest absolute Gasteiger partial charge is 0.131 e. The quantitative estimate of drug-likeness (QED) is 0.929. The summed E-state index contributed by atoms with van der Waals surface area (Å²) in [6.45, 7) is 11.5. The minimum absolute atomic E-state index is 0.0281. The Kier molecular flexibility index (Phi) is 3.84. The Morgan fingerprint density at radius 2 is 1.95 bits per heavy atom. The van der Waals surface area contributed by atoms with Crippen molar-refractivity contribution in [2.75, 3.05) is 5.73 Å². The highest BCUT2D eigenvalue weighted by atomic mass is 15.1. The van der Waals surface area contributed by atoms with E-state index in [-0.39, 0.29) is 5.41 Å². The lowest BCUT2D eigenvalue weighted by molar-refractivity contribution is 0.498. The van der Waals surface area contributed by atoms with E-state index in [1.807, 2.05) is 25.3 Å². The molecule has 0 aliphatic heterocycles. The summed E-state index contributed by atoms with van der Waals surface area (Å²) < 4.78 is 2.13. The molecule has 0 saturated carbocycles. The molecule has 0 bridgehead atoms. The third kappa shape index (κ3) is 2.69. The van der Waals surface area contributed by atoms with Gasteiger partial charge >= 0.3 is 0 Å². The summed E-state index contributed by atoms with van der Waals surface area (Å²) in [5, 5.41) is 0. The third-order valence-corrected chi connectivity index (χ3v) is 3.31. The summed E-state index contributed by atoms with van der Waals surface area (Å²) in [5.74, 6) is 1.77. The van der Waals surface area contributed by atoms with E-state index < -0.39 is 0 Å². The molecule has 0 aliphatic rings. The van der Waals surface area contributed by atoms with Gasteiger partial charge in [-0.1, -0.05) is 27.7 Å². The standard InChI is InChI=1S/C16H24N4/c1-6-9-20-14(17)13(19-15(20)16(3,4)5)12-8-7-11(2)18-10-12/h7-8,10H,6,9,17H2,1-5H3. The number of aryl methyl sites for hydroxylation is 1. The molecule has 0 radical (unpaired) electrons. The van der Waals surface area contributed by atoms with Crippen molar-refractivity contribution in [2.24, 2.45) is 0 Å². The molecule has 0 aromatic carbocycles. The lowest BCUT2D eigenvalue weighted by Gasteiger charge is -2.19. The van der Waals surface area contributed by atoms with Gasteiger partial charge in [0.15, 0.2) is 0 Å². The lowest BCUT2D eigenvalue weighted by atomic mass is 9.95. The van der Waals surface area contributed by atoms with Crippen LogP contribution in [-0.4, -0.2) is 14.5 Å². The van der Waals surface area contributed by atoms with Gasteiger partial charge in [-0.2, -0.15) is 0 Å². The molecule has 108 valence electrons. The van der Waals surface area contributed by atoms with Crippen molar-refractivity contribution in [1.29, 1.82) is 0 Å². The van der Waals surface area contributed by atoms with Crippen LogP contribution in [0.1, 0.15) is 45.6 Å². The number of imidazole rings is 1. The molecule has 0 atom stereocenters. The van der Waals surface area contributed by atoms with Crippen LogP contribution in [0.15, 0.2) is 18.3 Å². The number of rotatable bonds is 3. The minimum atomic E-state index is -0.0281. The van der Waals surface area contributed by atoms with Crippen molar-refractivity contribution >= 4 is 5.82 Å². The highest BCUT2D eigenvalue weighted by molar-refractivity contribution is 5.70. The van der Waals surface area contributed by atoms with Crippen molar-refractivity contribution in [1.82, 2.24) is 14.5 Å². The number of hydrogen-bond acceptors (Lipinski definition) is 3. The second-order valence-electron chi connectivity index (χ2n) is 6.26. The Morgan fingerprint density at radius 1 is 1.25 bits per heavy atom. The molecule has 0 saturated heterocycles. The van der Waals surface area contributed by atoms with E-state index in [1.54, 1.807) is 0 Å². The summed E-state index contributed by atoms with van der Waals surface area (Å²) in [6, 6.07) is 4.02. The number of nitrogens with zero attached hydrogens (tertiary/aromatic N) is 3. The molecule has 0 unspecified atom stereocenters. The van der Waals surface area contributed by atoms with Crippen LogP contribution in [0.3, 0.4) is 0 Å². The maximum Gasteiger partial charge on any atom is 0.131 e. The zero-order chi connectivity index (χ0) is 14.9. The summed E-state index contributed by atoms with van der Waals surface area (Å²) >= 11 is 0. The van der Waals surface area contributed by atoms with Crippen molar-refractivity contribution in [3.63, 3.8) is 0 Å². The van der Waals surface area contributed by atoms with Gasteiger partial charge in [0.05, 0.1) is 0 Å². The van der Waals surface area contributed by atoms with Crippen LogP contribution in [0.25, 0.3) is 11.3 Å². The van der Waals surface area contributed by atoms with E-state index in [2.05, 4.69) is 37.2 Å². The first-order chi connectivity index (χ1) is 9.34. The van der Waals surface area contributed by atoms with Gasteiger partial charge in [0, 0.05) is 29.4 Å². The topological polar surface area (TPSA) is 56.7 Å². The monoisotopic (exact) mass is 272 g/mol.